The second-order valence-corrected chi connectivity index (χ2v) is 19.1. The van der Waals surface area contributed by atoms with Crippen molar-refractivity contribution in [2.24, 2.45) is 0 Å². The van der Waals surface area contributed by atoms with Crippen LogP contribution in [0.15, 0.2) is 0 Å². The SMILES string of the molecule is C[Si](C)(C#CO[Si](C)(C)C)C#CO[Si](C)(C)C. The topological polar surface area (TPSA) is 18.5 Å². The van der Waals surface area contributed by atoms with Gasteiger partial charge in [-0.05, 0) is 52.4 Å². The number of hydrogen-bond acceptors (Lipinski definition) is 2. The minimum absolute atomic E-state index is 1.54. The van der Waals surface area contributed by atoms with Gasteiger partial charge in [-0.1, -0.05) is 11.1 Å². The fourth-order valence-corrected chi connectivity index (χ4v) is 2.24. The molecule has 0 aromatic heterocycles. The molecule has 0 saturated carbocycles. The molecule has 0 atom stereocenters. The predicted octanol–water partition coefficient (Wildman–Crippen LogP) is 3.40. The van der Waals surface area contributed by atoms with Gasteiger partial charge in [0.2, 0.25) is 8.07 Å². The lowest BCUT2D eigenvalue weighted by Gasteiger charge is -2.13. The van der Waals surface area contributed by atoms with Gasteiger partial charge in [0.25, 0.3) is 16.6 Å². The molecule has 0 rings (SSSR count). The molecule has 0 aromatic rings. The molecule has 0 heterocycles. The summed E-state index contributed by atoms with van der Waals surface area (Å²) in [5.41, 5.74) is 6.33. The molecule has 0 saturated heterocycles. The molecular weight excluding hydrogens is 260 g/mol. The van der Waals surface area contributed by atoms with Crippen LogP contribution in [0.1, 0.15) is 0 Å². The zero-order valence-electron chi connectivity index (χ0n) is 12.3. The van der Waals surface area contributed by atoms with E-state index in [9.17, 15) is 0 Å². The van der Waals surface area contributed by atoms with Gasteiger partial charge in [0.1, 0.15) is 0 Å². The highest BCUT2D eigenvalue weighted by molar-refractivity contribution is 6.92. The zero-order chi connectivity index (χ0) is 13.7. The van der Waals surface area contributed by atoms with Crippen LogP contribution in [0, 0.1) is 23.3 Å². The molecule has 0 bridgehead atoms. The average Bonchev–Trinajstić information content (AvgIpc) is 1.96. The maximum atomic E-state index is 5.53. The van der Waals surface area contributed by atoms with Gasteiger partial charge in [0.15, 0.2) is 0 Å². The average molecular weight is 285 g/mol. The fourth-order valence-electron chi connectivity index (χ4n) is 0.644. The molecule has 0 spiro atoms. The Kier molecular flexibility index (Phi) is 5.60. The number of rotatable bonds is 2. The third-order valence-electron chi connectivity index (χ3n) is 1.44. The van der Waals surface area contributed by atoms with E-state index in [-0.39, 0.29) is 0 Å². The van der Waals surface area contributed by atoms with E-state index in [1.807, 2.05) is 0 Å². The first-order valence-corrected chi connectivity index (χ1v) is 15.6. The summed E-state index contributed by atoms with van der Waals surface area (Å²) in [4.78, 5) is 0. The van der Waals surface area contributed by atoms with Crippen LogP contribution < -0.4 is 0 Å². The lowest BCUT2D eigenvalue weighted by Crippen LogP contribution is -2.26. The van der Waals surface area contributed by atoms with Gasteiger partial charge < -0.3 is 8.85 Å². The Bertz CT molecular complexity index is 331. The van der Waals surface area contributed by atoms with Crippen LogP contribution in [0.5, 0.6) is 0 Å². The molecule has 0 fully saturated rings. The van der Waals surface area contributed by atoms with E-state index in [0.29, 0.717) is 0 Å². The maximum Gasteiger partial charge on any atom is 0.255 e. The van der Waals surface area contributed by atoms with Gasteiger partial charge in [-0.3, -0.25) is 0 Å². The van der Waals surface area contributed by atoms with Crippen LogP contribution in [-0.4, -0.2) is 24.7 Å². The first-order chi connectivity index (χ1) is 7.41. The van der Waals surface area contributed by atoms with Crippen molar-refractivity contribution in [1.29, 1.82) is 0 Å². The molecule has 2 nitrogen and oxygen atoms in total. The summed E-state index contributed by atoms with van der Waals surface area (Å²) < 4.78 is 11.1. The Labute approximate surface area is 109 Å². The van der Waals surface area contributed by atoms with Crippen LogP contribution in [0.25, 0.3) is 0 Å². The molecule has 96 valence electrons. The summed E-state index contributed by atoms with van der Waals surface area (Å²) in [5, 5.41) is 0. The van der Waals surface area contributed by atoms with Gasteiger partial charge in [-0.25, -0.2) is 0 Å². The predicted molar refractivity (Wildman–Crippen MR) is 81.9 cm³/mol. The second-order valence-electron chi connectivity index (χ2n) is 6.51. The van der Waals surface area contributed by atoms with Crippen molar-refractivity contribution in [3.8, 4) is 23.3 Å². The smallest absolute Gasteiger partial charge is 0.255 e. The Hall–Kier alpha value is -0.629. The summed E-state index contributed by atoms with van der Waals surface area (Å²) in [6, 6.07) is 0. The van der Waals surface area contributed by atoms with Crippen LogP contribution >= 0.6 is 0 Å². The monoisotopic (exact) mass is 284 g/mol. The minimum Gasteiger partial charge on any atom is -0.502 e. The minimum atomic E-state index is -1.83. The lowest BCUT2D eigenvalue weighted by molar-refractivity contribution is 0.520. The third-order valence-corrected chi connectivity index (χ3v) is 4.32. The molecule has 17 heavy (non-hydrogen) atoms. The van der Waals surface area contributed by atoms with Crippen molar-refractivity contribution in [2.45, 2.75) is 52.4 Å². The molecule has 0 amide bonds. The van der Waals surface area contributed by atoms with Gasteiger partial charge in [-0.2, -0.15) is 0 Å². The van der Waals surface area contributed by atoms with Crippen molar-refractivity contribution in [3.05, 3.63) is 0 Å². The molecule has 0 aliphatic carbocycles. The van der Waals surface area contributed by atoms with Gasteiger partial charge in [-0.15, -0.1) is 0 Å². The quantitative estimate of drug-likeness (QED) is 0.571. The van der Waals surface area contributed by atoms with Crippen molar-refractivity contribution >= 4 is 24.7 Å². The van der Waals surface area contributed by atoms with Crippen molar-refractivity contribution in [3.63, 3.8) is 0 Å². The van der Waals surface area contributed by atoms with Gasteiger partial charge in [0.05, 0.1) is 12.2 Å². The highest BCUT2D eigenvalue weighted by atomic mass is 28.4. The molecule has 5 heteroatoms. The van der Waals surface area contributed by atoms with Crippen molar-refractivity contribution < 1.29 is 8.85 Å². The first kappa shape index (κ1) is 16.4. The zero-order valence-corrected chi connectivity index (χ0v) is 15.3. The van der Waals surface area contributed by atoms with Crippen LogP contribution in [0.3, 0.4) is 0 Å². The summed E-state index contributed by atoms with van der Waals surface area (Å²) in [5.74, 6) is 0. The van der Waals surface area contributed by atoms with E-state index in [4.69, 9.17) is 8.85 Å². The Morgan fingerprint density at radius 2 is 0.882 bits per heavy atom. The summed E-state index contributed by atoms with van der Waals surface area (Å²) in [7, 11) is -4.91. The standard InChI is InChI=1S/C12H24O2Si3/c1-15(2,3)13-9-11-17(7,8)12-10-14-16(4,5)6/h1-8H3. The van der Waals surface area contributed by atoms with Crippen molar-refractivity contribution in [2.75, 3.05) is 0 Å². The maximum absolute atomic E-state index is 5.53. The van der Waals surface area contributed by atoms with E-state index in [0.717, 1.165) is 0 Å². The van der Waals surface area contributed by atoms with E-state index in [2.05, 4.69) is 75.7 Å². The molecule has 0 aliphatic rings. The molecule has 0 aromatic carbocycles. The van der Waals surface area contributed by atoms with Crippen LogP contribution in [0.2, 0.25) is 52.4 Å². The highest BCUT2D eigenvalue weighted by Crippen LogP contribution is 2.04. The normalized spacial score (nSPS) is 11.8. The van der Waals surface area contributed by atoms with Crippen LogP contribution in [0.4, 0.5) is 0 Å². The first-order valence-electron chi connectivity index (χ1n) is 5.82. The molecule has 0 N–H and O–H groups in total. The summed E-state index contributed by atoms with van der Waals surface area (Å²) >= 11 is 0. The highest BCUT2D eigenvalue weighted by Gasteiger charge is 2.18. The largest absolute Gasteiger partial charge is 0.502 e. The summed E-state index contributed by atoms with van der Waals surface area (Å²) in [6.45, 7) is 16.9. The van der Waals surface area contributed by atoms with E-state index < -0.39 is 24.7 Å². The molecule has 0 radical (unpaired) electrons. The van der Waals surface area contributed by atoms with E-state index >= 15 is 0 Å². The molecule has 0 unspecified atom stereocenters. The molecular formula is C12H24O2Si3. The van der Waals surface area contributed by atoms with Crippen LogP contribution in [-0.2, 0) is 8.85 Å². The van der Waals surface area contributed by atoms with Crippen molar-refractivity contribution in [1.82, 2.24) is 0 Å². The van der Waals surface area contributed by atoms with E-state index in [1.54, 1.807) is 0 Å². The fraction of sp³-hybridized carbons (Fsp3) is 0.667. The lowest BCUT2D eigenvalue weighted by atomic mass is 11.3. The third kappa shape index (κ3) is 11.6. The Morgan fingerprint density at radius 1 is 0.588 bits per heavy atom. The van der Waals surface area contributed by atoms with Gasteiger partial charge >= 0.3 is 0 Å². The second kappa shape index (κ2) is 5.81. The number of hydrogen-bond donors (Lipinski definition) is 0. The Morgan fingerprint density at radius 3 is 1.12 bits per heavy atom. The van der Waals surface area contributed by atoms with E-state index in [1.165, 1.54) is 0 Å². The molecule has 0 aliphatic heterocycles. The Balaban J connectivity index is 4.49. The summed E-state index contributed by atoms with van der Waals surface area (Å²) in [6.07, 6.45) is 5.68. The van der Waals surface area contributed by atoms with Gasteiger partial charge in [0, 0.05) is 0 Å².